The van der Waals surface area contributed by atoms with Gasteiger partial charge in [-0.05, 0) is 59.2 Å². The maximum Gasteiger partial charge on any atom is 0.132 e. The van der Waals surface area contributed by atoms with E-state index in [2.05, 4.69) is 46.1 Å². The molecule has 2 fully saturated rings. The largest absolute Gasteiger partial charge is 0.356 e. The van der Waals surface area contributed by atoms with Crippen LogP contribution < -0.4 is 10.2 Å². The fourth-order valence-corrected chi connectivity index (χ4v) is 4.35. The van der Waals surface area contributed by atoms with Gasteiger partial charge in [0.05, 0.1) is 0 Å². The zero-order valence-corrected chi connectivity index (χ0v) is 16.1. The molecule has 0 aromatic carbocycles. The number of rotatable bonds is 4. The second kappa shape index (κ2) is 7.98. The lowest BCUT2D eigenvalue weighted by atomic mass is 9.93. The van der Waals surface area contributed by atoms with Gasteiger partial charge in [-0.2, -0.15) is 0 Å². The Morgan fingerprint density at radius 1 is 1.09 bits per heavy atom. The molecule has 1 aliphatic heterocycles. The molecule has 1 aliphatic carbocycles. The molecule has 0 bridgehead atoms. The summed E-state index contributed by atoms with van der Waals surface area (Å²) in [5.41, 5.74) is 1.36. The lowest BCUT2D eigenvalue weighted by molar-refractivity contribution is 0.307. The van der Waals surface area contributed by atoms with Crippen molar-refractivity contribution in [3.05, 3.63) is 22.3 Å². The highest BCUT2D eigenvalue weighted by Gasteiger charge is 2.25. The zero-order valence-electron chi connectivity index (χ0n) is 14.5. The maximum atomic E-state index is 4.72. The Hall–Kier alpha value is -0.610. The van der Waals surface area contributed by atoms with E-state index in [0.29, 0.717) is 12.0 Å². The van der Waals surface area contributed by atoms with Crippen molar-refractivity contribution in [2.75, 3.05) is 18.0 Å². The number of piperidine rings is 1. The van der Waals surface area contributed by atoms with Gasteiger partial charge in [-0.15, -0.1) is 0 Å². The molecule has 0 atom stereocenters. The smallest absolute Gasteiger partial charge is 0.132 e. The van der Waals surface area contributed by atoms with Crippen molar-refractivity contribution < 1.29 is 0 Å². The monoisotopic (exact) mass is 379 g/mol. The summed E-state index contributed by atoms with van der Waals surface area (Å²) in [7, 11) is 0. The predicted molar refractivity (Wildman–Crippen MR) is 101 cm³/mol. The second-order valence-electron chi connectivity index (χ2n) is 7.48. The van der Waals surface area contributed by atoms with Crippen LogP contribution in [0.2, 0.25) is 0 Å². The average molecular weight is 380 g/mol. The Balaban J connectivity index is 1.58. The first kappa shape index (κ1) is 17.2. The number of aromatic nitrogens is 1. The molecule has 2 aliphatic rings. The van der Waals surface area contributed by atoms with Crippen LogP contribution in [-0.4, -0.2) is 30.2 Å². The molecule has 0 unspecified atom stereocenters. The van der Waals surface area contributed by atoms with Gasteiger partial charge in [0.2, 0.25) is 0 Å². The third-order valence-corrected chi connectivity index (χ3v) is 5.79. The number of nitrogens with zero attached hydrogens (tertiary/aromatic N) is 2. The summed E-state index contributed by atoms with van der Waals surface area (Å²) in [6.45, 7) is 6.76. The van der Waals surface area contributed by atoms with Crippen molar-refractivity contribution in [1.82, 2.24) is 10.3 Å². The number of hydrogen-bond donors (Lipinski definition) is 1. The molecule has 1 aromatic heterocycles. The van der Waals surface area contributed by atoms with E-state index in [1.807, 2.05) is 6.20 Å². The van der Waals surface area contributed by atoms with Crippen LogP contribution in [0.3, 0.4) is 0 Å². The summed E-state index contributed by atoms with van der Waals surface area (Å²) in [5.74, 6) is 1.70. The normalized spacial score (nSPS) is 21.1. The summed E-state index contributed by atoms with van der Waals surface area (Å²) in [6.07, 6.45) is 11.4. The SMILES string of the molecule is CC(C)c1cc(Br)cnc1N1CCC(NC2CCCCC2)CC1. The van der Waals surface area contributed by atoms with Crippen molar-refractivity contribution in [2.24, 2.45) is 0 Å². The lowest BCUT2D eigenvalue weighted by Gasteiger charge is -2.37. The van der Waals surface area contributed by atoms with Gasteiger partial charge in [0.25, 0.3) is 0 Å². The van der Waals surface area contributed by atoms with Gasteiger partial charge in [-0.1, -0.05) is 33.1 Å². The summed E-state index contributed by atoms with van der Waals surface area (Å²) >= 11 is 3.56. The fourth-order valence-electron chi connectivity index (χ4n) is 4.00. The van der Waals surface area contributed by atoms with E-state index in [1.165, 1.54) is 56.3 Å². The number of anilines is 1. The Bertz CT molecular complexity index is 503. The van der Waals surface area contributed by atoms with Crippen LogP contribution in [0.5, 0.6) is 0 Å². The first-order chi connectivity index (χ1) is 11.1. The zero-order chi connectivity index (χ0) is 16.2. The van der Waals surface area contributed by atoms with E-state index < -0.39 is 0 Å². The minimum absolute atomic E-state index is 0.507. The molecule has 4 heteroatoms. The minimum Gasteiger partial charge on any atom is -0.356 e. The Kier molecular flexibility index (Phi) is 5.97. The fraction of sp³-hybridized carbons (Fsp3) is 0.737. The topological polar surface area (TPSA) is 28.2 Å². The summed E-state index contributed by atoms with van der Waals surface area (Å²) < 4.78 is 1.08. The Morgan fingerprint density at radius 2 is 1.74 bits per heavy atom. The average Bonchev–Trinajstić information content (AvgIpc) is 2.56. The molecule has 128 valence electrons. The molecule has 1 N–H and O–H groups in total. The molecule has 1 saturated heterocycles. The molecule has 1 aromatic rings. The van der Waals surface area contributed by atoms with Crippen molar-refractivity contribution in [3.63, 3.8) is 0 Å². The van der Waals surface area contributed by atoms with E-state index >= 15 is 0 Å². The maximum absolute atomic E-state index is 4.72. The third kappa shape index (κ3) is 4.48. The molecular weight excluding hydrogens is 350 g/mol. The molecule has 0 amide bonds. The van der Waals surface area contributed by atoms with E-state index in [0.717, 1.165) is 23.6 Å². The summed E-state index contributed by atoms with van der Waals surface area (Å²) in [5, 5.41) is 3.92. The van der Waals surface area contributed by atoms with Crippen LogP contribution in [0.25, 0.3) is 0 Å². The van der Waals surface area contributed by atoms with Crippen LogP contribution in [0.1, 0.15) is 70.3 Å². The van der Waals surface area contributed by atoms with Crippen LogP contribution in [0.15, 0.2) is 16.7 Å². The van der Waals surface area contributed by atoms with Crippen molar-refractivity contribution in [3.8, 4) is 0 Å². The van der Waals surface area contributed by atoms with Gasteiger partial charge in [0.15, 0.2) is 0 Å². The molecule has 23 heavy (non-hydrogen) atoms. The highest BCUT2D eigenvalue weighted by molar-refractivity contribution is 9.10. The molecule has 3 rings (SSSR count). The van der Waals surface area contributed by atoms with Crippen LogP contribution in [0, 0.1) is 0 Å². The first-order valence-corrected chi connectivity index (χ1v) is 10.1. The van der Waals surface area contributed by atoms with Crippen molar-refractivity contribution in [2.45, 2.75) is 76.8 Å². The lowest BCUT2D eigenvalue weighted by Crippen LogP contribution is -2.47. The van der Waals surface area contributed by atoms with Crippen LogP contribution >= 0.6 is 15.9 Å². The quantitative estimate of drug-likeness (QED) is 0.809. The molecule has 3 nitrogen and oxygen atoms in total. The molecule has 2 heterocycles. The summed E-state index contributed by atoms with van der Waals surface area (Å²) in [6, 6.07) is 3.71. The van der Waals surface area contributed by atoms with E-state index in [-0.39, 0.29) is 0 Å². The summed E-state index contributed by atoms with van der Waals surface area (Å²) in [4.78, 5) is 7.21. The van der Waals surface area contributed by atoms with Gasteiger partial charge in [0.1, 0.15) is 5.82 Å². The van der Waals surface area contributed by atoms with Gasteiger partial charge in [0, 0.05) is 35.8 Å². The molecule has 0 spiro atoms. The van der Waals surface area contributed by atoms with Crippen LogP contribution in [-0.2, 0) is 0 Å². The van der Waals surface area contributed by atoms with E-state index in [1.54, 1.807) is 0 Å². The number of nitrogens with one attached hydrogen (secondary N) is 1. The second-order valence-corrected chi connectivity index (χ2v) is 8.40. The molecule has 1 saturated carbocycles. The standard InChI is InChI=1S/C19H30BrN3/c1-14(2)18-12-15(20)13-21-19(18)23-10-8-17(9-11-23)22-16-6-4-3-5-7-16/h12-14,16-17,22H,3-11H2,1-2H3. The Labute approximate surface area is 149 Å². The van der Waals surface area contributed by atoms with Gasteiger partial charge < -0.3 is 10.2 Å². The van der Waals surface area contributed by atoms with Gasteiger partial charge in [-0.3, -0.25) is 0 Å². The molecular formula is C19H30BrN3. The minimum atomic E-state index is 0.507. The van der Waals surface area contributed by atoms with Gasteiger partial charge in [-0.25, -0.2) is 4.98 Å². The third-order valence-electron chi connectivity index (χ3n) is 5.35. The highest BCUT2D eigenvalue weighted by atomic mass is 79.9. The highest BCUT2D eigenvalue weighted by Crippen LogP contribution is 2.30. The van der Waals surface area contributed by atoms with E-state index in [4.69, 9.17) is 4.98 Å². The first-order valence-electron chi connectivity index (χ1n) is 9.30. The van der Waals surface area contributed by atoms with E-state index in [9.17, 15) is 0 Å². The van der Waals surface area contributed by atoms with Crippen molar-refractivity contribution in [1.29, 1.82) is 0 Å². The predicted octanol–water partition coefficient (Wildman–Crippen LogP) is 4.86. The number of hydrogen-bond acceptors (Lipinski definition) is 3. The molecule has 0 radical (unpaired) electrons. The van der Waals surface area contributed by atoms with Gasteiger partial charge >= 0.3 is 0 Å². The van der Waals surface area contributed by atoms with Crippen molar-refractivity contribution >= 4 is 21.7 Å². The number of halogens is 1. The number of pyridine rings is 1. The Morgan fingerprint density at radius 3 is 2.39 bits per heavy atom. The van der Waals surface area contributed by atoms with Crippen LogP contribution in [0.4, 0.5) is 5.82 Å².